The number of carbonyl (C=O) groups excluding carboxylic acids is 1. The molecule has 2 aliphatic heterocycles. The first-order chi connectivity index (χ1) is 10.3. The zero-order valence-corrected chi connectivity index (χ0v) is 12.1. The van der Waals surface area contributed by atoms with Crippen molar-refractivity contribution in [1.82, 2.24) is 19.4 Å². The molecule has 112 valence electrons. The molecular formula is C15H20N4O2. The van der Waals surface area contributed by atoms with E-state index >= 15 is 0 Å². The van der Waals surface area contributed by atoms with Gasteiger partial charge in [0.1, 0.15) is 18.1 Å². The van der Waals surface area contributed by atoms with Gasteiger partial charge < -0.3 is 14.2 Å². The minimum atomic E-state index is 0.0678. The summed E-state index contributed by atoms with van der Waals surface area (Å²) in [4.78, 5) is 21.1. The molecule has 0 N–H and O–H groups in total. The van der Waals surface area contributed by atoms with Crippen molar-refractivity contribution in [2.24, 2.45) is 0 Å². The highest BCUT2D eigenvalue weighted by molar-refractivity contribution is 5.92. The molecule has 6 heteroatoms. The van der Waals surface area contributed by atoms with Gasteiger partial charge in [-0.2, -0.15) is 0 Å². The van der Waals surface area contributed by atoms with Gasteiger partial charge in [0.15, 0.2) is 0 Å². The second-order valence-corrected chi connectivity index (χ2v) is 5.39. The van der Waals surface area contributed by atoms with Gasteiger partial charge in [-0.15, -0.1) is 6.42 Å². The van der Waals surface area contributed by atoms with Crippen LogP contribution >= 0.6 is 0 Å². The standard InChI is InChI=1S/C15H20N4O2/c1-2-4-17-5-3-6-18(8-7-17)15(20)13-11-16-14-12-21-10-9-19(13)14/h1,11H,3-10,12H2. The monoisotopic (exact) mass is 288 g/mol. The summed E-state index contributed by atoms with van der Waals surface area (Å²) in [5.41, 5.74) is 0.679. The smallest absolute Gasteiger partial charge is 0.272 e. The van der Waals surface area contributed by atoms with Gasteiger partial charge in [0.2, 0.25) is 0 Å². The highest BCUT2D eigenvalue weighted by Crippen LogP contribution is 2.15. The molecular weight excluding hydrogens is 268 g/mol. The third-order valence-electron chi connectivity index (χ3n) is 4.04. The summed E-state index contributed by atoms with van der Waals surface area (Å²) in [5.74, 6) is 3.58. The topological polar surface area (TPSA) is 50.6 Å². The molecule has 1 saturated heterocycles. The first-order valence-corrected chi connectivity index (χ1v) is 7.37. The van der Waals surface area contributed by atoms with Crippen LogP contribution in [0.25, 0.3) is 0 Å². The molecule has 0 spiro atoms. The van der Waals surface area contributed by atoms with Crippen LogP contribution in [0.3, 0.4) is 0 Å². The van der Waals surface area contributed by atoms with Crippen LogP contribution in [0.2, 0.25) is 0 Å². The van der Waals surface area contributed by atoms with E-state index in [0.717, 1.165) is 38.4 Å². The minimum absolute atomic E-state index is 0.0678. The maximum Gasteiger partial charge on any atom is 0.272 e. The normalized spacial score (nSPS) is 19.7. The molecule has 2 aliphatic rings. The predicted octanol–water partition coefficient (Wildman–Crippen LogP) is 0.194. The van der Waals surface area contributed by atoms with Gasteiger partial charge in [-0.1, -0.05) is 5.92 Å². The first-order valence-electron chi connectivity index (χ1n) is 7.37. The number of ether oxygens (including phenoxy) is 1. The van der Waals surface area contributed by atoms with Crippen LogP contribution in [0.5, 0.6) is 0 Å². The average Bonchev–Trinajstić information content (AvgIpc) is 2.80. The average molecular weight is 288 g/mol. The number of nitrogens with zero attached hydrogens (tertiary/aromatic N) is 4. The summed E-state index contributed by atoms with van der Waals surface area (Å²) in [6.07, 6.45) is 8.00. The lowest BCUT2D eigenvalue weighted by atomic mass is 10.3. The van der Waals surface area contributed by atoms with Crippen LogP contribution in [0.15, 0.2) is 6.20 Å². The number of amides is 1. The predicted molar refractivity (Wildman–Crippen MR) is 77.7 cm³/mol. The number of fused-ring (bicyclic) bond motifs is 1. The molecule has 21 heavy (non-hydrogen) atoms. The third kappa shape index (κ3) is 2.94. The lowest BCUT2D eigenvalue weighted by Gasteiger charge is -2.23. The van der Waals surface area contributed by atoms with Gasteiger partial charge >= 0.3 is 0 Å². The van der Waals surface area contributed by atoms with E-state index in [9.17, 15) is 4.79 Å². The number of carbonyl (C=O) groups is 1. The summed E-state index contributed by atoms with van der Waals surface area (Å²) in [6.45, 7) is 5.76. The Morgan fingerprint density at radius 1 is 1.33 bits per heavy atom. The van der Waals surface area contributed by atoms with E-state index < -0.39 is 0 Å². The van der Waals surface area contributed by atoms with E-state index in [-0.39, 0.29) is 5.91 Å². The maximum atomic E-state index is 12.7. The SMILES string of the molecule is C#CCN1CCCN(C(=O)c2cnc3n2CCOC3)CC1. The Kier molecular flexibility index (Phi) is 4.23. The Bertz CT molecular complexity index is 561. The molecule has 1 fully saturated rings. The quantitative estimate of drug-likeness (QED) is 0.729. The van der Waals surface area contributed by atoms with Crippen molar-refractivity contribution in [3.8, 4) is 12.3 Å². The molecule has 1 aromatic rings. The van der Waals surface area contributed by atoms with Gasteiger partial charge in [0, 0.05) is 32.7 Å². The number of rotatable bonds is 2. The molecule has 6 nitrogen and oxygen atoms in total. The number of imidazole rings is 1. The number of terminal acetylenes is 1. The molecule has 3 rings (SSSR count). The second-order valence-electron chi connectivity index (χ2n) is 5.39. The Morgan fingerprint density at radius 3 is 3.10 bits per heavy atom. The molecule has 0 aromatic carbocycles. The van der Waals surface area contributed by atoms with Crippen LogP contribution < -0.4 is 0 Å². The third-order valence-corrected chi connectivity index (χ3v) is 4.04. The lowest BCUT2D eigenvalue weighted by molar-refractivity contribution is 0.0693. The number of aromatic nitrogens is 2. The zero-order valence-electron chi connectivity index (χ0n) is 12.1. The fourth-order valence-electron chi connectivity index (χ4n) is 2.89. The van der Waals surface area contributed by atoms with E-state index in [0.29, 0.717) is 32.0 Å². The zero-order chi connectivity index (χ0) is 14.7. The van der Waals surface area contributed by atoms with Gasteiger partial charge in [0.05, 0.1) is 19.3 Å². The highest BCUT2D eigenvalue weighted by Gasteiger charge is 2.25. The van der Waals surface area contributed by atoms with E-state index in [1.807, 2.05) is 9.47 Å². The first kappa shape index (κ1) is 14.1. The Morgan fingerprint density at radius 2 is 2.24 bits per heavy atom. The van der Waals surface area contributed by atoms with Crippen LogP contribution in [0.4, 0.5) is 0 Å². The molecule has 0 bridgehead atoms. The van der Waals surface area contributed by atoms with E-state index in [1.54, 1.807) is 6.20 Å². The van der Waals surface area contributed by atoms with Crippen LogP contribution in [-0.2, 0) is 17.9 Å². The van der Waals surface area contributed by atoms with Crippen molar-refractivity contribution < 1.29 is 9.53 Å². The lowest BCUT2D eigenvalue weighted by Crippen LogP contribution is -2.37. The maximum absolute atomic E-state index is 12.7. The fraction of sp³-hybridized carbons (Fsp3) is 0.600. The fourth-order valence-corrected chi connectivity index (χ4v) is 2.89. The number of hydrogen-bond acceptors (Lipinski definition) is 4. The van der Waals surface area contributed by atoms with Crippen molar-refractivity contribution in [3.05, 3.63) is 17.7 Å². The number of hydrogen-bond donors (Lipinski definition) is 0. The largest absolute Gasteiger partial charge is 0.372 e. The highest BCUT2D eigenvalue weighted by atomic mass is 16.5. The summed E-state index contributed by atoms with van der Waals surface area (Å²) >= 11 is 0. The molecule has 1 amide bonds. The van der Waals surface area contributed by atoms with Crippen LogP contribution in [0, 0.1) is 12.3 Å². The van der Waals surface area contributed by atoms with Gasteiger partial charge in [0.25, 0.3) is 5.91 Å². The van der Waals surface area contributed by atoms with Gasteiger partial charge in [-0.05, 0) is 6.42 Å². The molecule has 0 aliphatic carbocycles. The van der Waals surface area contributed by atoms with Gasteiger partial charge in [-0.3, -0.25) is 9.69 Å². The van der Waals surface area contributed by atoms with Crippen molar-refractivity contribution >= 4 is 5.91 Å². The van der Waals surface area contributed by atoms with Crippen molar-refractivity contribution in [3.63, 3.8) is 0 Å². The van der Waals surface area contributed by atoms with Crippen molar-refractivity contribution in [2.75, 3.05) is 39.3 Å². The summed E-state index contributed by atoms with van der Waals surface area (Å²) in [5, 5.41) is 0. The molecule has 0 unspecified atom stereocenters. The minimum Gasteiger partial charge on any atom is -0.372 e. The molecule has 0 radical (unpaired) electrons. The Labute approximate surface area is 124 Å². The van der Waals surface area contributed by atoms with Crippen LogP contribution in [-0.4, -0.2) is 64.6 Å². The van der Waals surface area contributed by atoms with Crippen molar-refractivity contribution in [1.29, 1.82) is 0 Å². The summed E-state index contributed by atoms with van der Waals surface area (Å²) < 4.78 is 7.34. The summed E-state index contributed by atoms with van der Waals surface area (Å²) in [6, 6.07) is 0. The van der Waals surface area contributed by atoms with Gasteiger partial charge in [-0.25, -0.2) is 4.98 Å². The van der Waals surface area contributed by atoms with Crippen LogP contribution in [0.1, 0.15) is 22.7 Å². The van der Waals surface area contributed by atoms with E-state index in [4.69, 9.17) is 11.2 Å². The molecule has 1 aromatic heterocycles. The Balaban J connectivity index is 1.71. The van der Waals surface area contributed by atoms with E-state index in [1.165, 1.54) is 0 Å². The Hall–Kier alpha value is -1.84. The molecule has 0 saturated carbocycles. The molecule has 3 heterocycles. The van der Waals surface area contributed by atoms with E-state index in [2.05, 4.69) is 15.8 Å². The molecule has 0 atom stereocenters. The summed E-state index contributed by atoms with van der Waals surface area (Å²) in [7, 11) is 0. The second kappa shape index (κ2) is 6.29. The van der Waals surface area contributed by atoms with Crippen molar-refractivity contribution in [2.45, 2.75) is 19.6 Å².